The first-order valence-electron chi connectivity index (χ1n) is 13.9. The van der Waals surface area contributed by atoms with Crippen LogP contribution in [0, 0.1) is 5.92 Å². The molecule has 40 heavy (non-hydrogen) atoms. The number of nitrogens with zero attached hydrogens (tertiary/aromatic N) is 5. The molecule has 1 atom stereocenters. The van der Waals surface area contributed by atoms with Crippen molar-refractivity contribution in [3.05, 3.63) is 69.8 Å². The molecule has 0 saturated carbocycles. The lowest BCUT2D eigenvalue weighted by atomic mass is 9.82. The highest BCUT2D eigenvalue weighted by Crippen LogP contribution is 2.46. The summed E-state index contributed by atoms with van der Waals surface area (Å²) < 4.78 is 50.9. The maximum atomic E-state index is 14.4. The quantitative estimate of drug-likeness (QED) is 0.418. The molecule has 0 aliphatic carbocycles. The van der Waals surface area contributed by atoms with Gasteiger partial charge in [-0.05, 0) is 79.6 Å². The van der Waals surface area contributed by atoms with E-state index in [9.17, 15) is 18.0 Å². The predicted octanol–water partition coefficient (Wildman–Crippen LogP) is 5.49. The van der Waals surface area contributed by atoms with E-state index in [1.807, 2.05) is 37.6 Å². The molecule has 3 aromatic rings. The Labute approximate surface area is 231 Å². The number of benzene rings is 2. The lowest BCUT2D eigenvalue weighted by Crippen LogP contribution is -2.33. The van der Waals surface area contributed by atoms with Crippen molar-refractivity contribution in [2.24, 2.45) is 13.0 Å². The van der Waals surface area contributed by atoms with Crippen LogP contribution in [0.5, 0.6) is 5.75 Å². The molecule has 2 aromatic carbocycles. The molecular weight excluding hydrogens is 519 g/mol. The summed E-state index contributed by atoms with van der Waals surface area (Å²) in [4.78, 5) is 17.5. The molecule has 0 N–H and O–H groups in total. The van der Waals surface area contributed by atoms with Crippen molar-refractivity contribution in [2.75, 3.05) is 24.6 Å². The zero-order valence-corrected chi connectivity index (χ0v) is 23.3. The minimum absolute atomic E-state index is 0.0259. The first-order valence-corrected chi connectivity index (χ1v) is 13.9. The number of amides is 1. The lowest BCUT2D eigenvalue weighted by molar-refractivity contribution is -0.138. The molecule has 0 unspecified atom stereocenters. The maximum Gasteiger partial charge on any atom is 0.416 e. The number of likely N-dealkylation sites (tertiary alicyclic amines) is 1. The van der Waals surface area contributed by atoms with Gasteiger partial charge in [0, 0.05) is 37.5 Å². The lowest BCUT2D eigenvalue weighted by Gasteiger charge is -2.31. The van der Waals surface area contributed by atoms with Gasteiger partial charge in [0.2, 0.25) is 0 Å². The monoisotopic (exact) mass is 553 g/mol. The van der Waals surface area contributed by atoms with Crippen molar-refractivity contribution in [3.8, 4) is 5.75 Å². The van der Waals surface area contributed by atoms with Gasteiger partial charge in [0.1, 0.15) is 17.9 Å². The molecule has 7 nitrogen and oxygen atoms in total. The number of hydrogen-bond donors (Lipinski definition) is 0. The number of halogens is 3. The van der Waals surface area contributed by atoms with Crippen LogP contribution in [0.25, 0.3) is 0 Å². The molecule has 1 aromatic heterocycles. The first-order chi connectivity index (χ1) is 18.9. The number of anilines is 1. The molecule has 1 saturated heterocycles. The maximum absolute atomic E-state index is 14.4. The summed E-state index contributed by atoms with van der Waals surface area (Å²) in [5, 5.41) is 8.33. The zero-order chi connectivity index (χ0) is 28.4. The third-order valence-electron chi connectivity index (χ3n) is 8.60. The smallest absolute Gasteiger partial charge is 0.416 e. The second kappa shape index (κ2) is 9.61. The van der Waals surface area contributed by atoms with Crippen molar-refractivity contribution in [1.82, 2.24) is 19.7 Å². The molecule has 1 amide bonds. The van der Waals surface area contributed by atoms with Gasteiger partial charge in [0.25, 0.3) is 5.91 Å². The van der Waals surface area contributed by atoms with Gasteiger partial charge in [-0.15, -0.1) is 10.2 Å². The summed E-state index contributed by atoms with van der Waals surface area (Å²) in [6.07, 6.45) is -0.126. The van der Waals surface area contributed by atoms with Crippen LogP contribution in [-0.4, -0.2) is 45.3 Å². The number of alkyl halides is 3. The summed E-state index contributed by atoms with van der Waals surface area (Å²) >= 11 is 0. The SMILES string of the molecule is C[C@H]1CCCN(Cc2cc3c(c(C(F)(F)F)c2)CN(c2cc(C(C)(C)c4nncn4C)cc4c2OCC4)C3=O)C1. The average molecular weight is 554 g/mol. The molecule has 0 spiro atoms. The Morgan fingerprint density at radius 3 is 2.65 bits per heavy atom. The highest BCUT2D eigenvalue weighted by molar-refractivity contribution is 6.11. The van der Waals surface area contributed by atoms with E-state index in [2.05, 4.69) is 22.0 Å². The van der Waals surface area contributed by atoms with Gasteiger partial charge in [-0.3, -0.25) is 9.69 Å². The molecule has 0 bridgehead atoms. The van der Waals surface area contributed by atoms with Crippen LogP contribution >= 0.6 is 0 Å². The van der Waals surface area contributed by atoms with Gasteiger partial charge in [-0.1, -0.05) is 13.0 Å². The zero-order valence-electron chi connectivity index (χ0n) is 23.3. The number of piperidine rings is 1. The van der Waals surface area contributed by atoms with Gasteiger partial charge in [-0.25, -0.2) is 0 Å². The summed E-state index contributed by atoms with van der Waals surface area (Å²) in [6, 6.07) is 6.82. The molecule has 1 fully saturated rings. The largest absolute Gasteiger partial charge is 0.491 e. The van der Waals surface area contributed by atoms with Crippen molar-refractivity contribution < 1.29 is 22.7 Å². The molecular formula is C30H34F3N5O2. The van der Waals surface area contributed by atoms with E-state index in [1.54, 1.807) is 12.4 Å². The van der Waals surface area contributed by atoms with E-state index in [0.29, 0.717) is 42.5 Å². The summed E-state index contributed by atoms with van der Waals surface area (Å²) in [6.45, 7) is 8.59. The van der Waals surface area contributed by atoms with Gasteiger partial charge >= 0.3 is 6.18 Å². The highest BCUT2D eigenvalue weighted by atomic mass is 19.4. The van der Waals surface area contributed by atoms with Crippen LogP contribution in [0.15, 0.2) is 30.6 Å². The van der Waals surface area contributed by atoms with Crippen LogP contribution in [-0.2, 0) is 38.1 Å². The number of ether oxygens (including phenoxy) is 1. The number of fused-ring (bicyclic) bond motifs is 2. The minimum atomic E-state index is -4.57. The molecule has 0 radical (unpaired) electrons. The minimum Gasteiger partial charge on any atom is -0.491 e. The summed E-state index contributed by atoms with van der Waals surface area (Å²) in [7, 11) is 1.87. The van der Waals surface area contributed by atoms with Crippen LogP contribution in [0.1, 0.15) is 77.6 Å². The van der Waals surface area contributed by atoms with E-state index < -0.39 is 23.1 Å². The Hall–Kier alpha value is -3.40. The van der Waals surface area contributed by atoms with Crippen LogP contribution < -0.4 is 9.64 Å². The van der Waals surface area contributed by atoms with E-state index in [1.165, 1.54) is 11.0 Å². The fourth-order valence-electron chi connectivity index (χ4n) is 6.52. The molecule has 6 rings (SSSR count). The van der Waals surface area contributed by atoms with E-state index in [-0.39, 0.29) is 17.7 Å². The van der Waals surface area contributed by atoms with Gasteiger partial charge in [0.05, 0.1) is 24.4 Å². The van der Waals surface area contributed by atoms with Crippen molar-refractivity contribution >= 4 is 11.6 Å². The molecule has 4 heterocycles. The number of aryl methyl sites for hydroxylation is 1. The third-order valence-corrected chi connectivity index (χ3v) is 8.60. The van der Waals surface area contributed by atoms with E-state index in [0.717, 1.165) is 42.9 Å². The number of carbonyl (C=O) groups excluding carboxylic acids is 1. The fourth-order valence-corrected chi connectivity index (χ4v) is 6.52. The normalized spacial score (nSPS) is 19.6. The number of rotatable bonds is 5. The summed E-state index contributed by atoms with van der Waals surface area (Å²) in [5.41, 5.74) is 1.70. The van der Waals surface area contributed by atoms with Gasteiger partial charge in [-0.2, -0.15) is 13.2 Å². The first kappa shape index (κ1) is 26.8. The van der Waals surface area contributed by atoms with Crippen LogP contribution in [0.4, 0.5) is 18.9 Å². The molecule has 212 valence electrons. The summed E-state index contributed by atoms with van der Waals surface area (Å²) in [5.74, 6) is 1.38. The van der Waals surface area contributed by atoms with E-state index in [4.69, 9.17) is 4.74 Å². The van der Waals surface area contributed by atoms with Crippen molar-refractivity contribution in [2.45, 2.75) is 64.7 Å². The number of carbonyl (C=O) groups is 1. The Bertz CT molecular complexity index is 1480. The predicted molar refractivity (Wildman–Crippen MR) is 144 cm³/mol. The fraction of sp³-hybridized carbons (Fsp3) is 0.500. The van der Waals surface area contributed by atoms with E-state index >= 15 is 0 Å². The van der Waals surface area contributed by atoms with Gasteiger partial charge < -0.3 is 14.2 Å². The molecule has 10 heteroatoms. The number of hydrogen-bond acceptors (Lipinski definition) is 5. The topological polar surface area (TPSA) is 63.5 Å². The number of aromatic nitrogens is 3. The third kappa shape index (κ3) is 4.56. The highest BCUT2D eigenvalue weighted by Gasteiger charge is 2.42. The Morgan fingerprint density at radius 1 is 1.15 bits per heavy atom. The van der Waals surface area contributed by atoms with Crippen molar-refractivity contribution in [3.63, 3.8) is 0 Å². The average Bonchev–Trinajstić information content (AvgIpc) is 3.62. The Morgan fingerprint density at radius 2 is 1.95 bits per heavy atom. The van der Waals surface area contributed by atoms with Crippen molar-refractivity contribution in [1.29, 1.82) is 0 Å². The molecule has 3 aliphatic rings. The Kier molecular flexibility index (Phi) is 6.44. The van der Waals surface area contributed by atoms with Crippen LogP contribution in [0.3, 0.4) is 0 Å². The Balaban J connectivity index is 1.41. The standard InChI is InChI=1S/C30H34F3N5O2/c1-18-6-5-8-37(14-18)15-19-10-22-23(24(11-19)30(31,32)33)16-38(27(22)39)25-13-21(12-20-7-9-40-26(20)25)29(2,3)28-35-34-17-36(28)4/h10-13,17-18H,5-9,14-16H2,1-4H3/t18-/m0/s1. The second-order valence-electron chi connectivity index (χ2n) is 12.0. The second-order valence-corrected chi connectivity index (χ2v) is 12.0. The van der Waals surface area contributed by atoms with Gasteiger partial charge in [0.15, 0.2) is 0 Å². The van der Waals surface area contributed by atoms with Crippen LogP contribution in [0.2, 0.25) is 0 Å². The molecule has 3 aliphatic heterocycles.